The monoisotopic (exact) mass is 436 g/mol. The van der Waals surface area contributed by atoms with E-state index in [1.807, 2.05) is 0 Å². The van der Waals surface area contributed by atoms with Crippen LogP contribution in [-0.2, 0) is 18.9 Å². The van der Waals surface area contributed by atoms with Gasteiger partial charge in [0.25, 0.3) is 0 Å². The quantitative estimate of drug-likeness (QED) is 0.404. The number of hydrogen-bond donors (Lipinski definition) is 4. The molecule has 30 heavy (non-hydrogen) atoms. The van der Waals surface area contributed by atoms with E-state index in [1.165, 1.54) is 27.7 Å². The highest BCUT2D eigenvalue weighted by Crippen LogP contribution is 2.25. The third kappa shape index (κ3) is 6.00. The van der Waals surface area contributed by atoms with Gasteiger partial charge in [-0.05, 0) is 27.7 Å². The van der Waals surface area contributed by atoms with Gasteiger partial charge in [0.2, 0.25) is 0 Å². The number of rotatable bonds is 6. The van der Waals surface area contributed by atoms with Crippen molar-refractivity contribution in [2.24, 2.45) is 0 Å². The molecule has 0 saturated carbocycles. The Morgan fingerprint density at radius 2 is 0.967 bits per heavy atom. The molecule has 0 aromatic heterocycles. The molecule has 4 unspecified atom stereocenters. The van der Waals surface area contributed by atoms with Gasteiger partial charge in [-0.1, -0.05) is 0 Å². The molecule has 0 aromatic carbocycles. The summed E-state index contributed by atoms with van der Waals surface area (Å²) in [6.45, 7) is 5.81. The molecule has 1 aliphatic heterocycles. The molecule has 1 rings (SSSR count). The van der Waals surface area contributed by atoms with Gasteiger partial charge in [-0.25, -0.2) is 19.2 Å². The van der Waals surface area contributed by atoms with Crippen LogP contribution in [0.25, 0.3) is 0 Å². The number of ether oxygens (including phenoxy) is 4. The number of alkyl carbamates (subject to hydrolysis) is 2. The van der Waals surface area contributed by atoms with Crippen molar-refractivity contribution in [2.45, 2.75) is 52.5 Å². The van der Waals surface area contributed by atoms with Crippen LogP contribution < -0.4 is 10.6 Å². The van der Waals surface area contributed by atoms with E-state index in [9.17, 15) is 29.4 Å². The lowest BCUT2D eigenvalue weighted by Crippen LogP contribution is -2.78. The van der Waals surface area contributed by atoms with E-state index in [0.717, 1.165) is 0 Å². The predicted molar refractivity (Wildman–Crippen MR) is 97.6 cm³/mol. The zero-order chi connectivity index (χ0) is 22.8. The molecule has 1 heterocycles. The lowest BCUT2D eigenvalue weighted by Gasteiger charge is -2.50. The Bertz CT molecular complexity index is 567. The smallest absolute Gasteiger partial charge is 0.413 e. The van der Waals surface area contributed by atoms with Crippen LogP contribution in [-0.4, -0.2) is 95.6 Å². The van der Waals surface area contributed by atoms with Gasteiger partial charge in [-0.2, -0.15) is 0 Å². The average molecular weight is 436 g/mol. The van der Waals surface area contributed by atoms with Crippen LogP contribution in [0.4, 0.5) is 19.2 Å². The molecule has 4 N–H and O–H groups in total. The Kier molecular flexibility index (Phi) is 9.91. The van der Waals surface area contributed by atoms with Crippen molar-refractivity contribution in [2.75, 3.05) is 26.4 Å². The Hall–Kier alpha value is -3.00. The second-order valence-electron chi connectivity index (χ2n) is 5.66. The van der Waals surface area contributed by atoms with Gasteiger partial charge in [0, 0.05) is 0 Å². The van der Waals surface area contributed by atoms with Gasteiger partial charge in [0.05, 0.1) is 26.4 Å². The third-order valence-corrected chi connectivity index (χ3v) is 3.77. The summed E-state index contributed by atoms with van der Waals surface area (Å²) >= 11 is 0. The molecule has 0 radical (unpaired) electrons. The molecular formula is C16H28N4O10. The van der Waals surface area contributed by atoms with Crippen molar-refractivity contribution in [1.29, 1.82) is 0 Å². The van der Waals surface area contributed by atoms with Crippen molar-refractivity contribution < 1.29 is 48.3 Å². The molecule has 14 heteroatoms. The van der Waals surface area contributed by atoms with Gasteiger partial charge >= 0.3 is 24.4 Å². The first-order chi connectivity index (χ1) is 14.2. The van der Waals surface area contributed by atoms with E-state index in [-0.39, 0.29) is 26.4 Å². The standard InChI is InChI=1S/C16H28N4O10/c1-5-27-13(23)17-9-10(18-14(24)28-6-2)20(16(26)30-8-4)12(22)11(21)19(9)15(25)29-7-3/h9-12,21-22H,5-8H2,1-4H3,(H,17,23)(H,18,24). The van der Waals surface area contributed by atoms with Gasteiger partial charge in [-0.15, -0.1) is 0 Å². The van der Waals surface area contributed by atoms with Crippen molar-refractivity contribution in [1.82, 2.24) is 20.4 Å². The summed E-state index contributed by atoms with van der Waals surface area (Å²) in [6.07, 6.45) is -11.6. The Labute approximate surface area is 173 Å². The van der Waals surface area contributed by atoms with Gasteiger partial charge < -0.3 is 29.2 Å². The fourth-order valence-electron chi connectivity index (χ4n) is 2.64. The zero-order valence-electron chi connectivity index (χ0n) is 17.2. The maximum absolute atomic E-state index is 12.4. The van der Waals surface area contributed by atoms with E-state index in [0.29, 0.717) is 9.80 Å². The number of aliphatic hydroxyl groups is 2. The summed E-state index contributed by atoms with van der Waals surface area (Å²) < 4.78 is 19.3. The van der Waals surface area contributed by atoms with Crippen LogP contribution >= 0.6 is 0 Å². The molecular weight excluding hydrogens is 408 g/mol. The Morgan fingerprint density at radius 1 is 0.667 bits per heavy atom. The largest absolute Gasteiger partial charge is 0.450 e. The average Bonchev–Trinajstić information content (AvgIpc) is 2.66. The summed E-state index contributed by atoms with van der Waals surface area (Å²) in [5, 5.41) is 25.5. The third-order valence-electron chi connectivity index (χ3n) is 3.77. The SMILES string of the molecule is CCOC(=O)NC1C(NC(=O)OCC)N(C(=O)OCC)C(O)C(O)N1C(=O)OCC. The number of amides is 4. The number of aliphatic hydroxyl groups excluding tert-OH is 2. The van der Waals surface area contributed by atoms with Crippen molar-refractivity contribution >= 4 is 24.4 Å². The number of carbonyl (C=O) groups is 4. The number of nitrogens with one attached hydrogen (secondary N) is 2. The second kappa shape index (κ2) is 11.9. The minimum Gasteiger partial charge on any atom is -0.450 e. The minimum absolute atomic E-state index is 0.0271. The fraction of sp³-hybridized carbons (Fsp3) is 0.750. The van der Waals surface area contributed by atoms with Crippen LogP contribution in [0.3, 0.4) is 0 Å². The molecule has 0 spiro atoms. The molecule has 4 amide bonds. The van der Waals surface area contributed by atoms with E-state index in [1.54, 1.807) is 0 Å². The zero-order valence-corrected chi connectivity index (χ0v) is 17.2. The lowest BCUT2D eigenvalue weighted by molar-refractivity contribution is -0.201. The van der Waals surface area contributed by atoms with Crippen LogP contribution in [0.2, 0.25) is 0 Å². The topological polar surface area (TPSA) is 176 Å². The molecule has 0 bridgehead atoms. The molecule has 4 atom stereocenters. The molecule has 1 aliphatic rings. The van der Waals surface area contributed by atoms with Gasteiger partial charge in [0.1, 0.15) is 0 Å². The van der Waals surface area contributed by atoms with Crippen LogP contribution in [0.5, 0.6) is 0 Å². The van der Waals surface area contributed by atoms with Crippen molar-refractivity contribution in [3.8, 4) is 0 Å². The van der Waals surface area contributed by atoms with Crippen LogP contribution in [0, 0.1) is 0 Å². The maximum atomic E-state index is 12.4. The number of piperazine rings is 1. The highest BCUT2D eigenvalue weighted by molar-refractivity contribution is 5.75. The summed E-state index contributed by atoms with van der Waals surface area (Å²) in [7, 11) is 0. The molecule has 1 saturated heterocycles. The first kappa shape index (κ1) is 25.0. The lowest BCUT2D eigenvalue weighted by atomic mass is 10.1. The van der Waals surface area contributed by atoms with Crippen molar-refractivity contribution in [3.05, 3.63) is 0 Å². The van der Waals surface area contributed by atoms with Crippen molar-refractivity contribution in [3.63, 3.8) is 0 Å². The number of hydrogen-bond acceptors (Lipinski definition) is 10. The minimum atomic E-state index is -2.04. The van der Waals surface area contributed by atoms with Crippen LogP contribution in [0.15, 0.2) is 0 Å². The van der Waals surface area contributed by atoms with E-state index in [4.69, 9.17) is 18.9 Å². The number of carbonyl (C=O) groups excluding carboxylic acids is 4. The van der Waals surface area contributed by atoms with E-state index in [2.05, 4.69) is 10.6 Å². The molecule has 0 aromatic rings. The van der Waals surface area contributed by atoms with E-state index < -0.39 is 49.2 Å². The normalized spacial score (nSPS) is 23.3. The molecule has 172 valence electrons. The highest BCUT2D eigenvalue weighted by atomic mass is 16.6. The van der Waals surface area contributed by atoms with Crippen LogP contribution in [0.1, 0.15) is 27.7 Å². The second-order valence-corrected chi connectivity index (χ2v) is 5.66. The Morgan fingerprint density at radius 3 is 1.23 bits per heavy atom. The summed E-state index contributed by atoms with van der Waals surface area (Å²) in [4.78, 5) is 50.1. The summed E-state index contributed by atoms with van der Waals surface area (Å²) in [5.74, 6) is 0. The summed E-state index contributed by atoms with van der Waals surface area (Å²) in [5.41, 5.74) is 0. The first-order valence-electron chi connectivity index (χ1n) is 9.36. The molecule has 1 fully saturated rings. The Balaban J connectivity index is 3.44. The highest BCUT2D eigenvalue weighted by Gasteiger charge is 2.53. The molecule has 14 nitrogen and oxygen atoms in total. The predicted octanol–water partition coefficient (Wildman–Crippen LogP) is -0.302. The fourth-order valence-corrected chi connectivity index (χ4v) is 2.64. The van der Waals surface area contributed by atoms with E-state index >= 15 is 0 Å². The van der Waals surface area contributed by atoms with Gasteiger partial charge in [-0.3, -0.25) is 20.4 Å². The van der Waals surface area contributed by atoms with Gasteiger partial charge in [0.15, 0.2) is 24.8 Å². The number of nitrogens with zero attached hydrogens (tertiary/aromatic N) is 2. The maximum Gasteiger partial charge on any atom is 0.413 e. The molecule has 0 aliphatic carbocycles. The first-order valence-corrected chi connectivity index (χ1v) is 9.36. The summed E-state index contributed by atoms with van der Waals surface area (Å²) in [6, 6.07) is 0.